The number of likely N-dealkylation sites (tertiary alicyclic amines) is 1. The molecular weight excluding hydrogens is 212 g/mol. The van der Waals surface area contributed by atoms with E-state index in [4.69, 9.17) is 4.74 Å². The number of hydrogen-bond acceptors (Lipinski definition) is 3. The maximum atomic E-state index is 5.69. The van der Waals surface area contributed by atoms with Crippen molar-refractivity contribution in [2.75, 3.05) is 46.4 Å². The molecule has 0 bridgehead atoms. The lowest BCUT2D eigenvalue weighted by Crippen LogP contribution is -2.29. The van der Waals surface area contributed by atoms with Crippen LogP contribution in [0.15, 0.2) is 0 Å². The summed E-state index contributed by atoms with van der Waals surface area (Å²) in [5.41, 5.74) is 0. The minimum absolute atomic E-state index is 0.410. The summed E-state index contributed by atoms with van der Waals surface area (Å²) in [6, 6.07) is 0. The molecule has 1 heterocycles. The summed E-state index contributed by atoms with van der Waals surface area (Å²) in [5.74, 6) is 0. The molecule has 1 aliphatic rings. The number of rotatable bonds is 9. The molecule has 0 saturated carbocycles. The van der Waals surface area contributed by atoms with E-state index >= 15 is 0 Å². The van der Waals surface area contributed by atoms with Crippen molar-refractivity contribution in [2.45, 2.75) is 45.6 Å². The Balaban J connectivity index is 1.91. The third-order valence-electron chi connectivity index (χ3n) is 3.66. The monoisotopic (exact) mass is 242 g/mol. The van der Waals surface area contributed by atoms with Gasteiger partial charge in [0.05, 0.1) is 12.7 Å². The second-order valence-electron chi connectivity index (χ2n) is 5.30. The van der Waals surface area contributed by atoms with Gasteiger partial charge in [-0.2, -0.15) is 0 Å². The second kappa shape index (κ2) is 8.90. The van der Waals surface area contributed by atoms with Crippen LogP contribution in [0.25, 0.3) is 0 Å². The van der Waals surface area contributed by atoms with Gasteiger partial charge in [-0.05, 0) is 65.8 Å². The third kappa shape index (κ3) is 7.02. The Morgan fingerprint density at radius 1 is 1.24 bits per heavy atom. The summed E-state index contributed by atoms with van der Waals surface area (Å²) >= 11 is 0. The zero-order chi connectivity index (χ0) is 12.5. The van der Waals surface area contributed by atoms with Crippen LogP contribution < -0.4 is 0 Å². The molecule has 0 N–H and O–H groups in total. The van der Waals surface area contributed by atoms with Crippen molar-refractivity contribution >= 4 is 0 Å². The Morgan fingerprint density at radius 3 is 2.59 bits per heavy atom. The number of likely N-dealkylation sites (N-methyl/N-ethyl adjacent to an activating group) is 1. The van der Waals surface area contributed by atoms with Gasteiger partial charge in [0.25, 0.3) is 0 Å². The zero-order valence-electron chi connectivity index (χ0n) is 12.0. The summed E-state index contributed by atoms with van der Waals surface area (Å²) in [5, 5.41) is 0. The molecule has 0 aromatic rings. The quantitative estimate of drug-likeness (QED) is 0.616. The normalized spacial score (nSPS) is 19.1. The molecule has 1 saturated heterocycles. The minimum Gasteiger partial charge on any atom is -0.377 e. The van der Waals surface area contributed by atoms with E-state index in [0.717, 1.165) is 19.6 Å². The molecule has 102 valence electrons. The van der Waals surface area contributed by atoms with Crippen LogP contribution in [-0.2, 0) is 4.74 Å². The molecule has 0 aromatic heterocycles. The van der Waals surface area contributed by atoms with Gasteiger partial charge in [0, 0.05) is 6.54 Å². The average Bonchev–Trinajstić information content (AvgIpc) is 2.82. The van der Waals surface area contributed by atoms with Gasteiger partial charge in [0.2, 0.25) is 0 Å². The highest BCUT2D eigenvalue weighted by atomic mass is 16.5. The molecular formula is C14H30N2O. The number of ether oxygens (including phenoxy) is 1. The first-order chi connectivity index (χ1) is 8.22. The lowest BCUT2D eigenvalue weighted by atomic mass is 10.3. The molecule has 0 aliphatic carbocycles. The highest BCUT2D eigenvalue weighted by molar-refractivity contribution is 4.66. The Hall–Kier alpha value is -0.120. The Morgan fingerprint density at radius 2 is 1.94 bits per heavy atom. The second-order valence-corrected chi connectivity index (χ2v) is 5.30. The fourth-order valence-electron chi connectivity index (χ4n) is 2.21. The van der Waals surface area contributed by atoms with E-state index in [9.17, 15) is 0 Å². The van der Waals surface area contributed by atoms with E-state index in [2.05, 4.69) is 30.7 Å². The molecule has 1 rings (SSSR count). The van der Waals surface area contributed by atoms with Crippen molar-refractivity contribution in [2.24, 2.45) is 0 Å². The summed E-state index contributed by atoms with van der Waals surface area (Å²) < 4.78 is 5.69. The highest BCUT2D eigenvalue weighted by Crippen LogP contribution is 2.07. The predicted molar refractivity (Wildman–Crippen MR) is 73.5 cm³/mol. The summed E-state index contributed by atoms with van der Waals surface area (Å²) in [7, 11) is 2.20. The van der Waals surface area contributed by atoms with Crippen LogP contribution in [0.4, 0.5) is 0 Å². The Labute approximate surface area is 107 Å². The standard InChI is InChI=1S/C14H30N2O/c1-4-14(2)17-13-12-15(3)8-7-11-16-9-5-6-10-16/h14H,4-13H2,1-3H3. The van der Waals surface area contributed by atoms with E-state index in [1.807, 2.05) is 0 Å². The summed E-state index contributed by atoms with van der Waals surface area (Å²) in [6.45, 7) is 11.4. The molecule has 1 aliphatic heterocycles. The zero-order valence-corrected chi connectivity index (χ0v) is 12.0. The van der Waals surface area contributed by atoms with Gasteiger partial charge in [0.15, 0.2) is 0 Å². The Bertz CT molecular complexity index is 181. The van der Waals surface area contributed by atoms with Gasteiger partial charge in [0.1, 0.15) is 0 Å². The van der Waals surface area contributed by atoms with E-state index in [1.54, 1.807) is 0 Å². The maximum absolute atomic E-state index is 5.69. The topological polar surface area (TPSA) is 15.7 Å². The molecule has 1 fully saturated rings. The molecule has 0 aromatic carbocycles. The van der Waals surface area contributed by atoms with Crippen molar-refractivity contribution < 1.29 is 4.74 Å². The first-order valence-electron chi connectivity index (χ1n) is 7.25. The van der Waals surface area contributed by atoms with Crippen molar-refractivity contribution in [3.05, 3.63) is 0 Å². The minimum atomic E-state index is 0.410. The van der Waals surface area contributed by atoms with E-state index in [1.165, 1.54) is 45.4 Å². The van der Waals surface area contributed by atoms with Crippen LogP contribution in [0.5, 0.6) is 0 Å². The molecule has 1 atom stereocenters. The Kier molecular flexibility index (Phi) is 7.82. The first kappa shape index (κ1) is 14.9. The predicted octanol–water partition coefficient (Wildman–Crippen LogP) is 2.22. The molecule has 3 nitrogen and oxygen atoms in total. The molecule has 1 unspecified atom stereocenters. The van der Waals surface area contributed by atoms with Crippen LogP contribution in [-0.4, -0.2) is 62.3 Å². The molecule has 0 radical (unpaired) electrons. The summed E-state index contributed by atoms with van der Waals surface area (Å²) in [4.78, 5) is 4.97. The number of hydrogen-bond donors (Lipinski definition) is 0. The van der Waals surface area contributed by atoms with Gasteiger partial charge < -0.3 is 14.5 Å². The van der Waals surface area contributed by atoms with E-state index in [0.29, 0.717) is 6.10 Å². The van der Waals surface area contributed by atoms with Crippen LogP contribution in [0, 0.1) is 0 Å². The highest BCUT2D eigenvalue weighted by Gasteiger charge is 2.10. The van der Waals surface area contributed by atoms with Crippen LogP contribution in [0.3, 0.4) is 0 Å². The smallest absolute Gasteiger partial charge is 0.0596 e. The van der Waals surface area contributed by atoms with Crippen molar-refractivity contribution in [1.29, 1.82) is 0 Å². The van der Waals surface area contributed by atoms with Crippen molar-refractivity contribution in [3.63, 3.8) is 0 Å². The SMILES string of the molecule is CCC(C)OCCN(C)CCCN1CCCC1. The lowest BCUT2D eigenvalue weighted by molar-refractivity contribution is 0.0500. The maximum Gasteiger partial charge on any atom is 0.0596 e. The fraction of sp³-hybridized carbons (Fsp3) is 1.00. The summed E-state index contributed by atoms with van der Waals surface area (Å²) in [6.07, 6.45) is 5.61. The van der Waals surface area contributed by atoms with Gasteiger partial charge in [-0.15, -0.1) is 0 Å². The largest absolute Gasteiger partial charge is 0.377 e. The molecule has 17 heavy (non-hydrogen) atoms. The third-order valence-corrected chi connectivity index (χ3v) is 3.66. The van der Waals surface area contributed by atoms with Crippen LogP contribution in [0.2, 0.25) is 0 Å². The lowest BCUT2D eigenvalue weighted by Gasteiger charge is -2.20. The van der Waals surface area contributed by atoms with Crippen LogP contribution in [0.1, 0.15) is 39.5 Å². The van der Waals surface area contributed by atoms with Gasteiger partial charge in [-0.1, -0.05) is 6.92 Å². The van der Waals surface area contributed by atoms with Gasteiger partial charge in [-0.3, -0.25) is 0 Å². The first-order valence-corrected chi connectivity index (χ1v) is 7.25. The fourth-order valence-corrected chi connectivity index (χ4v) is 2.21. The van der Waals surface area contributed by atoms with Gasteiger partial charge in [-0.25, -0.2) is 0 Å². The molecule has 0 amide bonds. The van der Waals surface area contributed by atoms with E-state index in [-0.39, 0.29) is 0 Å². The molecule has 0 spiro atoms. The molecule has 3 heteroatoms. The average molecular weight is 242 g/mol. The van der Waals surface area contributed by atoms with Crippen molar-refractivity contribution in [3.8, 4) is 0 Å². The number of nitrogens with zero attached hydrogens (tertiary/aromatic N) is 2. The van der Waals surface area contributed by atoms with Crippen LogP contribution >= 0.6 is 0 Å². The van der Waals surface area contributed by atoms with Gasteiger partial charge >= 0.3 is 0 Å². The van der Waals surface area contributed by atoms with E-state index < -0.39 is 0 Å². The van der Waals surface area contributed by atoms with Crippen molar-refractivity contribution in [1.82, 2.24) is 9.80 Å².